The summed E-state index contributed by atoms with van der Waals surface area (Å²) in [6.45, 7) is 10.0. The van der Waals surface area contributed by atoms with Gasteiger partial charge in [0, 0.05) is 13.0 Å². The average Bonchev–Trinajstić information content (AvgIpc) is 2.40. The molecule has 0 spiro atoms. The van der Waals surface area contributed by atoms with Crippen molar-refractivity contribution in [3.8, 4) is 5.88 Å². The highest BCUT2D eigenvalue weighted by atomic mass is 16.5. The Kier molecular flexibility index (Phi) is 7.12. The van der Waals surface area contributed by atoms with Gasteiger partial charge in [-0.15, -0.1) is 0 Å². The molecule has 20 heavy (non-hydrogen) atoms. The maximum atomic E-state index is 6.09. The van der Waals surface area contributed by atoms with E-state index in [0.29, 0.717) is 29.9 Å². The number of nitrogens with two attached hydrogens (primary N) is 1. The number of aromatic nitrogens is 2. The fourth-order valence-electron chi connectivity index (χ4n) is 1.78. The van der Waals surface area contributed by atoms with Crippen molar-refractivity contribution in [2.45, 2.75) is 53.4 Å². The van der Waals surface area contributed by atoms with Gasteiger partial charge in [-0.05, 0) is 18.8 Å². The number of unbranched alkanes of at least 4 members (excludes halogenated alkanes) is 1. The van der Waals surface area contributed by atoms with Crippen LogP contribution in [0, 0.1) is 5.92 Å². The lowest BCUT2D eigenvalue weighted by atomic mass is 10.1. The highest BCUT2D eigenvalue weighted by molar-refractivity contribution is 5.66. The highest BCUT2D eigenvalue weighted by Crippen LogP contribution is 2.27. The summed E-state index contributed by atoms with van der Waals surface area (Å²) in [7, 11) is 0. The molecule has 114 valence electrons. The topological polar surface area (TPSA) is 73.1 Å². The summed E-state index contributed by atoms with van der Waals surface area (Å²) in [5, 5.41) is 3.29. The number of nitrogen functional groups attached to an aromatic ring is 1. The van der Waals surface area contributed by atoms with E-state index in [1.807, 2.05) is 0 Å². The maximum Gasteiger partial charge on any atom is 0.242 e. The summed E-state index contributed by atoms with van der Waals surface area (Å²) >= 11 is 0. The van der Waals surface area contributed by atoms with Crippen LogP contribution in [0.4, 0.5) is 11.5 Å². The molecular weight excluding hydrogens is 252 g/mol. The third-order valence-electron chi connectivity index (χ3n) is 2.81. The lowest BCUT2D eigenvalue weighted by molar-refractivity contribution is 0.305. The Hall–Kier alpha value is -1.52. The van der Waals surface area contributed by atoms with E-state index < -0.39 is 0 Å². The van der Waals surface area contributed by atoms with Crippen LogP contribution in [0.15, 0.2) is 0 Å². The average molecular weight is 280 g/mol. The third-order valence-corrected chi connectivity index (χ3v) is 2.81. The Morgan fingerprint density at radius 1 is 1.20 bits per heavy atom. The second kappa shape index (κ2) is 8.61. The molecule has 0 fully saturated rings. The number of rotatable bonds is 9. The molecule has 1 rings (SSSR count). The standard InChI is InChI=1S/C15H28N4O/c1-5-7-8-17-14-13(16)15(20-9-6-2)19-12(18-14)10-11(3)4/h11H,5-10,16H2,1-4H3,(H,17,18,19). The van der Waals surface area contributed by atoms with E-state index in [9.17, 15) is 0 Å². The van der Waals surface area contributed by atoms with E-state index in [4.69, 9.17) is 10.5 Å². The second-order valence-corrected chi connectivity index (χ2v) is 5.43. The molecule has 1 heterocycles. The number of ether oxygens (including phenoxy) is 1. The van der Waals surface area contributed by atoms with E-state index in [2.05, 4.69) is 43.0 Å². The Balaban J connectivity index is 2.93. The fraction of sp³-hybridized carbons (Fsp3) is 0.733. The molecule has 0 aliphatic heterocycles. The zero-order valence-corrected chi connectivity index (χ0v) is 13.2. The predicted molar refractivity (Wildman–Crippen MR) is 84.2 cm³/mol. The first-order valence-electron chi connectivity index (χ1n) is 7.61. The van der Waals surface area contributed by atoms with Crippen molar-refractivity contribution in [1.82, 2.24) is 9.97 Å². The SMILES string of the molecule is CCCCNc1nc(CC(C)C)nc(OCCC)c1N. The molecule has 1 aromatic heterocycles. The number of nitrogens with one attached hydrogen (secondary N) is 1. The first-order chi connectivity index (χ1) is 9.58. The molecule has 0 aromatic carbocycles. The molecule has 0 saturated heterocycles. The molecule has 0 saturated carbocycles. The fourth-order valence-corrected chi connectivity index (χ4v) is 1.78. The van der Waals surface area contributed by atoms with E-state index in [-0.39, 0.29) is 0 Å². The molecule has 0 unspecified atom stereocenters. The van der Waals surface area contributed by atoms with Crippen LogP contribution < -0.4 is 15.8 Å². The van der Waals surface area contributed by atoms with Gasteiger partial charge in [0.2, 0.25) is 5.88 Å². The molecule has 1 aromatic rings. The largest absolute Gasteiger partial charge is 0.476 e. The van der Waals surface area contributed by atoms with Crippen molar-refractivity contribution in [2.24, 2.45) is 5.92 Å². The van der Waals surface area contributed by atoms with Crippen molar-refractivity contribution in [2.75, 3.05) is 24.2 Å². The van der Waals surface area contributed by atoms with Crippen molar-refractivity contribution in [1.29, 1.82) is 0 Å². The van der Waals surface area contributed by atoms with Crippen molar-refractivity contribution >= 4 is 11.5 Å². The highest BCUT2D eigenvalue weighted by Gasteiger charge is 2.13. The third kappa shape index (κ3) is 5.23. The first kappa shape index (κ1) is 16.5. The minimum atomic E-state index is 0.501. The zero-order valence-electron chi connectivity index (χ0n) is 13.2. The molecule has 5 nitrogen and oxygen atoms in total. The van der Waals surface area contributed by atoms with E-state index >= 15 is 0 Å². The van der Waals surface area contributed by atoms with Crippen molar-refractivity contribution in [3.63, 3.8) is 0 Å². The lowest BCUT2D eigenvalue weighted by Gasteiger charge is -2.14. The Bertz CT molecular complexity index is 407. The van der Waals surface area contributed by atoms with Crippen LogP contribution in [-0.4, -0.2) is 23.1 Å². The maximum absolute atomic E-state index is 6.09. The molecule has 0 radical (unpaired) electrons. The normalized spacial score (nSPS) is 10.8. The zero-order chi connectivity index (χ0) is 15.0. The van der Waals surface area contributed by atoms with Crippen LogP contribution >= 0.6 is 0 Å². The summed E-state index contributed by atoms with van der Waals surface area (Å²) < 4.78 is 5.64. The summed E-state index contributed by atoms with van der Waals surface area (Å²) in [5.74, 6) is 2.51. The molecule has 0 aliphatic rings. The Morgan fingerprint density at radius 2 is 1.95 bits per heavy atom. The summed E-state index contributed by atoms with van der Waals surface area (Å²) in [4.78, 5) is 8.97. The molecule has 0 aliphatic carbocycles. The van der Waals surface area contributed by atoms with E-state index in [0.717, 1.165) is 38.1 Å². The predicted octanol–water partition coefficient (Wildman–Crippen LogP) is 3.26. The molecule has 0 atom stereocenters. The molecule has 5 heteroatoms. The van der Waals surface area contributed by atoms with Gasteiger partial charge in [0.1, 0.15) is 11.5 Å². The van der Waals surface area contributed by atoms with Crippen molar-refractivity contribution < 1.29 is 4.74 Å². The van der Waals surface area contributed by atoms with Crippen LogP contribution in [0.5, 0.6) is 5.88 Å². The Labute approximate surface area is 122 Å². The molecule has 0 amide bonds. The number of hydrogen-bond acceptors (Lipinski definition) is 5. The molecular formula is C15H28N4O. The van der Waals surface area contributed by atoms with Gasteiger partial charge in [-0.2, -0.15) is 4.98 Å². The van der Waals surface area contributed by atoms with Crippen LogP contribution in [0.3, 0.4) is 0 Å². The molecule has 3 N–H and O–H groups in total. The van der Waals surface area contributed by atoms with Gasteiger partial charge in [-0.1, -0.05) is 34.1 Å². The quantitative estimate of drug-likeness (QED) is 0.679. The van der Waals surface area contributed by atoms with Gasteiger partial charge in [0.05, 0.1) is 6.61 Å². The van der Waals surface area contributed by atoms with Crippen LogP contribution in [-0.2, 0) is 6.42 Å². The number of anilines is 2. The molecule has 0 bridgehead atoms. The van der Waals surface area contributed by atoms with Crippen LogP contribution in [0.25, 0.3) is 0 Å². The van der Waals surface area contributed by atoms with Crippen molar-refractivity contribution in [3.05, 3.63) is 5.82 Å². The number of nitrogens with zero attached hydrogens (tertiary/aromatic N) is 2. The Morgan fingerprint density at radius 3 is 2.55 bits per heavy atom. The smallest absolute Gasteiger partial charge is 0.242 e. The summed E-state index contributed by atoms with van der Waals surface area (Å²) in [6, 6.07) is 0. The monoisotopic (exact) mass is 280 g/mol. The van der Waals surface area contributed by atoms with Gasteiger partial charge in [-0.3, -0.25) is 0 Å². The number of hydrogen-bond donors (Lipinski definition) is 2. The van der Waals surface area contributed by atoms with Gasteiger partial charge in [-0.25, -0.2) is 4.98 Å². The summed E-state index contributed by atoms with van der Waals surface area (Å²) in [6.07, 6.45) is 3.98. The van der Waals surface area contributed by atoms with Crippen LogP contribution in [0.2, 0.25) is 0 Å². The van der Waals surface area contributed by atoms with Gasteiger partial charge >= 0.3 is 0 Å². The lowest BCUT2D eigenvalue weighted by Crippen LogP contribution is -2.13. The minimum Gasteiger partial charge on any atom is -0.476 e. The van der Waals surface area contributed by atoms with E-state index in [1.54, 1.807) is 0 Å². The first-order valence-corrected chi connectivity index (χ1v) is 7.61. The second-order valence-electron chi connectivity index (χ2n) is 5.43. The van der Waals surface area contributed by atoms with Gasteiger partial charge in [0.15, 0.2) is 5.82 Å². The summed E-state index contributed by atoms with van der Waals surface area (Å²) in [5.41, 5.74) is 6.61. The van der Waals surface area contributed by atoms with Crippen LogP contribution in [0.1, 0.15) is 52.8 Å². The van der Waals surface area contributed by atoms with Gasteiger partial charge in [0.25, 0.3) is 0 Å². The minimum absolute atomic E-state index is 0.501. The van der Waals surface area contributed by atoms with Gasteiger partial charge < -0.3 is 15.8 Å². The van der Waals surface area contributed by atoms with E-state index in [1.165, 1.54) is 0 Å².